The molecule has 0 saturated heterocycles. The Morgan fingerprint density at radius 1 is 1.13 bits per heavy atom. The molecule has 0 unspecified atom stereocenters. The quantitative estimate of drug-likeness (QED) is 0.943. The zero-order valence-corrected chi connectivity index (χ0v) is 13.9. The van der Waals surface area contributed by atoms with Gasteiger partial charge in [-0.25, -0.2) is 0 Å². The Morgan fingerprint density at radius 2 is 1.91 bits per heavy atom. The number of nitrogens with one attached hydrogen (secondary N) is 1. The van der Waals surface area contributed by atoms with Crippen LogP contribution in [0.5, 0.6) is 0 Å². The number of carbonyl (C=O) groups is 2. The van der Waals surface area contributed by atoms with Crippen LogP contribution in [-0.2, 0) is 11.2 Å². The molecule has 0 fully saturated rings. The first-order chi connectivity index (χ1) is 11.0. The van der Waals surface area contributed by atoms with Crippen molar-refractivity contribution in [2.75, 3.05) is 19.4 Å². The Morgan fingerprint density at radius 3 is 2.65 bits per heavy atom. The van der Waals surface area contributed by atoms with E-state index < -0.39 is 0 Å². The van der Waals surface area contributed by atoms with Crippen molar-refractivity contribution in [3.63, 3.8) is 0 Å². The van der Waals surface area contributed by atoms with Crippen LogP contribution < -0.4 is 5.32 Å². The summed E-state index contributed by atoms with van der Waals surface area (Å²) in [5.74, 6) is -0.107. The zero-order valence-electron chi connectivity index (χ0n) is 13.1. The molecule has 1 aliphatic rings. The predicted molar refractivity (Wildman–Crippen MR) is 92.9 cm³/mol. The molecule has 2 amide bonds. The maximum absolute atomic E-state index is 12.5. The predicted octanol–water partition coefficient (Wildman–Crippen LogP) is 3.04. The van der Waals surface area contributed by atoms with Gasteiger partial charge in [-0.15, -0.1) is 11.8 Å². The first-order valence-electron chi connectivity index (χ1n) is 7.42. The van der Waals surface area contributed by atoms with E-state index >= 15 is 0 Å². The Balaban J connectivity index is 1.70. The molecule has 0 radical (unpaired) electrons. The molecule has 0 spiro atoms. The Hall–Kier alpha value is -2.27. The van der Waals surface area contributed by atoms with Crippen molar-refractivity contribution in [3.05, 3.63) is 59.7 Å². The number of anilines is 1. The van der Waals surface area contributed by atoms with Crippen LogP contribution >= 0.6 is 11.8 Å². The van der Waals surface area contributed by atoms with Crippen molar-refractivity contribution in [2.24, 2.45) is 0 Å². The average molecular weight is 326 g/mol. The number of nitrogens with zero attached hydrogens (tertiary/aromatic N) is 1. The largest absolute Gasteiger partial charge is 0.345 e. The maximum atomic E-state index is 12.5. The van der Waals surface area contributed by atoms with Gasteiger partial charge >= 0.3 is 0 Å². The fourth-order valence-corrected chi connectivity index (χ4v) is 3.73. The van der Waals surface area contributed by atoms with E-state index in [1.165, 1.54) is 15.4 Å². The summed E-state index contributed by atoms with van der Waals surface area (Å²) in [6, 6.07) is 15.1. The van der Waals surface area contributed by atoms with Crippen LogP contribution in [0.1, 0.15) is 15.9 Å². The number of thioether (sulfide) groups is 1. The van der Waals surface area contributed by atoms with Crippen LogP contribution in [0.2, 0.25) is 0 Å². The monoisotopic (exact) mass is 326 g/mol. The van der Waals surface area contributed by atoms with E-state index in [0.717, 1.165) is 6.42 Å². The number of amides is 2. The molecule has 0 saturated carbocycles. The summed E-state index contributed by atoms with van der Waals surface area (Å²) >= 11 is 1.59. The summed E-state index contributed by atoms with van der Waals surface area (Å²) < 4.78 is 0. The molecule has 1 heterocycles. The standard InChI is InChI=1S/C18H18N2O2S/c1-20(2)18(22)13-7-5-8-14(10-13)19-17(21)16-11-12-6-3-4-9-15(12)23-16/h3-10,16H,11H2,1-2H3,(H,19,21)/t16-/m0/s1. The Labute approximate surface area is 139 Å². The molecule has 0 aliphatic carbocycles. The van der Waals surface area contributed by atoms with Gasteiger partial charge < -0.3 is 10.2 Å². The minimum Gasteiger partial charge on any atom is -0.345 e. The third-order valence-corrected chi connectivity index (χ3v) is 5.04. The summed E-state index contributed by atoms with van der Waals surface area (Å²) in [7, 11) is 3.42. The molecule has 1 aliphatic heterocycles. The van der Waals surface area contributed by atoms with Crippen LogP contribution in [0.25, 0.3) is 0 Å². The lowest BCUT2D eigenvalue weighted by Crippen LogP contribution is -2.25. The fourth-order valence-electron chi connectivity index (χ4n) is 2.54. The third kappa shape index (κ3) is 3.40. The lowest BCUT2D eigenvalue weighted by atomic mass is 10.1. The lowest BCUT2D eigenvalue weighted by molar-refractivity contribution is -0.115. The van der Waals surface area contributed by atoms with E-state index in [2.05, 4.69) is 11.4 Å². The fraction of sp³-hybridized carbons (Fsp3) is 0.222. The second-order valence-corrected chi connectivity index (χ2v) is 6.93. The van der Waals surface area contributed by atoms with Gasteiger partial charge in [0.25, 0.3) is 5.91 Å². The SMILES string of the molecule is CN(C)C(=O)c1cccc(NC(=O)[C@@H]2Cc3ccccc3S2)c1. The number of fused-ring (bicyclic) bond motifs is 1. The second kappa shape index (κ2) is 6.46. The number of hydrogen-bond acceptors (Lipinski definition) is 3. The highest BCUT2D eigenvalue weighted by Gasteiger charge is 2.28. The van der Waals surface area contributed by atoms with E-state index in [-0.39, 0.29) is 17.1 Å². The second-order valence-electron chi connectivity index (χ2n) is 5.69. The van der Waals surface area contributed by atoms with Gasteiger partial charge in [0.1, 0.15) is 0 Å². The van der Waals surface area contributed by atoms with Gasteiger partial charge in [0.05, 0.1) is 5.25 Å². The minimum absolute atomic E-state index is 0.0272. The Bertz CT molecular complexity index is 733. The molecule has 2 aromatic carbocycles. The van der Waals surface area contributed by atoms with Gasteiger partial charge in [-0.1, -0.05) is 24.3 Å². The van der Waals surface area contributed by atoms with Crippen LogP contribution in [0.4, 0.5) is 5.69 Å². The Kier molecular flexibility index (Phi) is 4.39. The summed E-state index contributed by atoms with van der Waals surface area (Å²) in [4.78, 5) is 27.2. The molecule has 1 N–H and O–H groups in total. The maximum Gasteiger partial charge on any atom is 0.253 e. The van der Waals surface area contributed by atoms with Crippen LogP contribution in [0.15, 0.2) is 53.4 Å². The summed E-state index contributed by atoms with van der Waals surface area (Å²) in [5.41, 5.74) is 2.43. The third-order valence-electron chi connectivity index (χ3n) is 3.72. The smallest absolute Gasteiger partial charge is 0.253 e. The molecular formula is C18H18N2O2S. The summed E-state index contributed by atoms with van der Waals surface area (Å²) in [6.07, 6.45) is 0.739. The van der Waals surface area contributed by atoms with Gasteiger partial charge in [-0.05, 0) is 36.2 Å². The van der Waals surface area contributed by atoms with E-state index in [4.69, 9.17) is 0 Å². The van der Waals surface area contributed by atoms with Crippen molar-refractivity contribution in [2.45, 2.75) is 16.6 Å². The molecule has 23 heavy (non-hydrogen) atoms. The normalized spacial score (nSPS) is 15.8. The first-order valence-corrected chi connectivity index (χ1v) is 8.29. The molecular weight excluding hydrogens is 308 g/mol. The van der Waals surface area contributed by atoms with Gasteiger partial charge in [0.2, 0.25) is 5.91 Å². The van der Waals surface area contributed by atoms with Crippen LogP contribution in [-0.4, -0.2) is 36.1 Å². The van der Waals surface area contributed by atoms with E-state index in [1.807, 2.05) is 18.2 Å². The minimum atomic E-state index is -0.124. The highest BCUT2D eigenvalue weighted by Crippen LogP contribution is 2.37. The summed E-state index contributed by atoms with van der Waals surface area (Å²) in [5, 5.41) is 2.80. The average Bonchev–Trinajstić information content (AvgIpc) is 2.98. The molecule has 4 nitrogen and oxygen atoms in total. The molecule has 3 rings (SSSR count). The number of benzene rings is 2. The zero-order chi connectivity index (χ0) is 16.4. The molecule has 0 aromatic heterocycles. The lowest BCUT2D eigenvalue weighted by Gasteiger charge is -2.13. The topological polar surface area (TPSA) is 49.4 Å². The van der Waals surface area contributed by atoms with Crippen LogP contribution in [0.3, 0.4) is 0 Å². The van der Waals surface area contributed by atoms with Crippen LogP contribution in [0, 0.1) is 0 Å². The molecule has 118 valence electrons. The van der Waals surface area contributed by atoms with Crippen molar-refractivity contribution in [3.8, 4) is 0 Å². The van der Waals surface area contributed by atoms with E-state index in [0.29, 0.717) is 11.3 Å². The van der Waals surface area contributed by atoms with E-state index in [9.17, 15) is 9.59 Å². The molecule has 1 atom stereocenters. The number of rotatable bonds is 3. The van der Waals surface area contributed by atoms with Crippen molar-refractivity contribution < 1.29 is 9.59 Å². The van der Waals surface area contributed by atoms with Crippen molar-refractivity contribution in [1.29, 1.82) is 0 Å². The first kappa shape index (κ1) is 15.6. The van der Waals surface area contributed by atoms with E-state index in [1.54, 1.807) is 50.1 Å². The van der Waals surface area contributed by atoms with Crippen molar-refractivity contribution >= 4 is 29.3 Å². The molecule has 0 bridgehead atoms. The number of carbonyl (C=O) groups excluding carboxylic acids is 2. The highest BCUT2D eigenvalue weighted by atomic mass is 32.2. The van der Waals surface area contributed by atoms with Gasteiger partial charge in [-0.3, -0.25) is 9.59 Å². The van der Waals surface area contributed by atoms with Crippen molar-refractivity contribution in [1.82, 2.24) is 4.90 Å². The highest BCUT2D eigenvalue weighted by molar-refractivity contribution is 8.01. The van der Waals surface area contributed by atoms with Gasteiger partial charge in [-0.2, -0.15) is 0 Å². The molecule has 5 heteroatoms. The number of hydrogen-bond donors (Lipinski definition) is 1. The van der Waals surface area contributed by atoms with Gasteiger partial charge in [0, 0.05) is 30.2 Å². The molecule has 2 aromatic rings. The van der Waals surface area contributed by atoms with Gasteiger partial charge in [0.15, 0.2) is 0 Å². The summed E-state index contributed by atoms with van der Waals surface area (Å²) in [6.45, 7) is 0.